The number of hydrogen-bond acceptors (Lipinski definition) is 6. The first-order valence-corrected chi connectivity index (χ1v) is 12.2. The predicted molar refractivity (Wildman–Crippen MR) is 132 cm³/mol. The Morgan fingerprint density at radius 1 is 1.25 bits per heavy atom. The third-order valence-corrected chi connectivity index (χ3v) is 7.16. The van der Waals surface area contributed by atoms with E-state index < -0.39 is 11.7 Å². The lowest BCUT2D eigenvalue weighted by Crippen LogP contribution is -2.45. The van der Waals surface area contributed by atoms with Crippen molar-refractivity contribution < 1.29 is 27.8 Å². The molecule has 2 aliphatic heterocycles. The van der Waals surface area contributed by atoms with Gasteiger partial charge in [-0.2, -0.15) is 23.3 Å². The summed E-state index contributed by atoms with van der Waals surface area (Å²) < 4.78 is 47.4. The number of benzene rings is 2. The summed E-state index contributed by atoms with van der Waals surface area (Å²) in [6, 6.07) is 9.06. The van der Waals surface area contributed by atoms with Crippen LogP contribution in [0.5, 0.6) is 0 Å². The lowest BCUT2D eigenvalue weighted by Gasteiger charge is -2.32. The number of fused-ring (bicyclic) bond motifs is 1. The Balaban J connectivity index is 1.35. The highest BCUT2D eigenvalue weighted by Crippen LogP contribution is 2.35. The smallest absolute Gasteiger partial charge is 0.394 e. The van der Waals surface area contributed by atoms with Gasteiger partial charge in [-0.3, -0.25) is 9.48 Å². The van der Waals surface area contributed by atoms with Crippen LogP contribution in [-0.2, 0) is 22.3 Å². The highest BCUT2D eigenvalue weighted by Gasteiger charge is 2.34. The number of hydrogen-bond donors (Lipinski definition) is 1. The first-order valence-electron chi connectivity index (χ1n) is 11.0. The molecule has 1 fully saturated rings. The van der Waals surface area contributed by atoms with Gasteiger partial charge in [0.25, 0.3) is 5.91 Å². The summed E-state index contributed by atoms with van der Waals surface area (Å²) in [6.07, 6.45) is -1.54. The number of rotatable bonds is 4. The van der Waals surface area contributed by atoms with E-state index >= 15 is 0 Å². The van der Waals surface area contributed by atoms with Crippen LogP contribution in [0.2, 0.25) is 5.02 Å². The molecule has 0 radical (unpaired) electrons. The van der Waals surface area contributed by atoms with E-state index in [0.717, 1.165) is 17.0 Å². The van der Waals surface area contributed by atoms with Crippen molar-refractivity contribution in [2.24, 2.45) is 4.99 Å². The molecule has 3 heterocycles. The van der Waals surface area contributed by atoms with Crippen molar-refractivity contribution in [2.75, 3.05) is 26.3 Å². The highest BCUT2D eigenvalue weighted by atomic mass is 35.5. The molecule has 36 heavy (non-hydrogen) atoms. The summed E-state index contributed by atoms with van der Waals surface area (Å²) in [5.41, 5.74) is 0.670. The van der Waals surface area contributed by atoms with Gasteiger partial charge in [0.15, 0.2) is 5.17 Å². The molecule has 2 aromatic carbocycles. The number of amides is 1. The molecule has 1 N–H and O–H groups in total. The Labute approximate surface area is 213 Å². The van der Waals surface area contributed by atoms with Gasteiger partial charge in [-0.05, 0) is 53.2 Å². The molecule has 1 amide bonds. The van der Waals surface area contributed by atoms with Crippen molar-refractivity contribution in [1.82, 2.24) is 14.7 Å². The van der Waals surface area contributed by atoms with Crippen LogP contribution in [0.4, 0.5) is 13.2 Å². The van der Waals surface area contributed by atoms with Crippen LogP contribution in [0, 0.1) is 0 Å². The molecule has 3 aromatic rings. The summed E-state index contributed by atoms with van der Waals surface area (Å²) in [7, 11) is 0. The van der Waals surface area contributed by atoms with Gasteiger partial charge >= 0.3 is 6.18 Å². The number of morpholine rings is 1. The Hall–Kier alpha value is -2.86. The average Bonchev–Trinajstić information content (AvgIpc) is 3.42. The predicted octanol–water partition coefficient (Wildman–Crippen LogP) is 4.42. The molecular formula is C24H20ClF3N4O3S. The minimum Gasteiger partial charge on any atom is -0.394 e. The van der Waals surface area contributed by atoms with Gasteiger partial charge < -0.3 is 14.7 Å². The number of aliphatic imine (C=N–C) groups is 1. The summed E-state index contributed by atoms with van der Waals surface area (Å²) in [4.78, 5) is 19.0. The Morgan fingerprint density at radius 2 is 2.08 bits per heavy atom. The number of aromatic nitrogens is 2. The zero-order chi connectivity index (χ0) is 25.4. The first kappa shape index (κ1) is 24.8. The molecule has 0 spiro atoms. The summed E-state index contributed by atoms with van der Waals surface area (Å²) >= 11 is 7.05. The average molecular weight is 537 g/mol. The number of nitrogens with zero attached hydrogens (tertiary/aromatic N) is 4. The van der Waals surface area contributed by atoms with Gasteiger partial charge in [0.2, 0.25) is 0 Å². The monoisotopic (exact) mass is 536 g/mol. The number of carbonyl (C=O) groups excluding carboxylic acids is 1. The minimum atomic E-state index is -4.53. The van der Waals surface area contributed by atoms with Gasteiger partial charge in [0.05, 0.1) is 48.0 Å². The molecule has 5 rings (SSSR count). The Morgan fingerprint density at radius 3 is 2.86 bits per heavy atom. The molecule has 0 aliphatic carbocycles. The fraction of sp³-hybridized carbons (Fsp3) is 0.292. The third kappa shape index (κ3) is 5.15. The molecule has 1 aromatic heterocycles. The number of aliphatic hydroxyl groups excluding tert-OH is 1. The zero-order valence-corrected chi connectivity index (χ0v) is 20.3. The Kier molecular flexibility index (Phi) is 6.82. The van der Waals surface area contributed by atoms with Crippen molar-refractivity contribution in [3.63, 3.8) is 0 Å². The zero-order valence-electron chi connectivity index (χ0n) is 18.7. The van der Waals surface area contributed by atoms with Crippen molar-refractivity contribution in [2.45, 2.75) is 18.8 Å². The second-order valence-electron chi connectivity index (χ2n) is 8.35. The van der Waals surface area contributed by atoms with Gasteiger partial charge in [0, 0.05) is 23.5 Å². The fourth-order valence-corrected chi connectivity index (χ4v) is 5.24. The summed E-state index contributed by atoms with van der Waals surface area (Å²) in [5.74, 6) is -0.347. The number of thioether (sulfide) groups is 1. The van der Waals surface area contributed by atoms with Gasteiger partial charge in [-0.1, -0.05) is 23.7 Å². The highest BCUT2D eigenvalue weighted by molar-refractivity contribution is 8.18. The van der Waals surface area contributed by atoms with Crippen LogP contribution in [0.1, 0.15) is 16.7 Å². The molecule has 12 heteroatoms. The van der Waals surface area contributed by atoms with E-state index in [0.29, 0.717) is 35.3 Å². The van der Waals surface area contributed by atoms with E-state index in [2.05, 4.69) is 10.1 Å². The van der Waals surface area contributed by atoms with Gasteiger partial charge in [-0.15, -0.1) is 0 Å². The molecule has 1 unspecified atom stereocenters. The second kappa shape index (κ2) is 9.89. The number of alkyl halides is 3. The summed E-state index contributed by atoms with van der Waals surface area (Å²) in [6.45, 7) is 1.30. The molecule has 1 atom stereocenters. The quantitative estimate of drug-likeness (QED) is 0.497. The number of aliphatic hydroxyl groups is 1. The number of halogens is 4. The number of carbonyl (C=O) groups is 1. The fourth-order valence-electron chi connectivity index (χ4n) is 4.12. The van der Waals surface area contributed by atoms with Crippen LogP contribution in [0.25, 0.3) is 17.0 Å². The molecule has 7 nitrogen and oxygen atoms in total. The maximum absolute atomic E-state index is 13.5. The first-order chi connectivity index (χ1) is 17.2. The summed E-state index contributed by atoms with van der Waals surface area (Å²) in [5, 5.41) is 14.9. The van der Waals surface area contributed by atoms with Crippen LogP contribution in [-0.4, -0.2) is 63.3 Å². The van der Waals surface area contributed by atoms with Crippen LogP contribution in [0.3, 0.4) is 0 Å². The molecule has 188 valence electrons. The standard InChI is InChI=1S/C24H20ClF3N4O3S/c25-17-3-2-15(19(9-17)24(26,27)28)11-32-20-4-1-14(7-16(20)10-29-32)8-21-22(34)30-23(36-21)31-5-6-35-18(12-31)13-33/h1-4,7-10,18,33H,5-6,11-13H2/b21-8-. The second-order valence-corrected chi connectivity index (χ2v) is 9.80. The lowest BCUT2D eigenvalue weighted by molar-refractivity contribution is -0.138. The largest absolute Gasteiger partial charge is 0.416 e. The van der Waals surface area contributed by atoms with Crippen molar-refractivity contribution in [3.05, 3.63) is 69.2 Å². The molecule has 0 saturated carbocycles. The SMILES string of the molecule is O=C1N=C(N2CCOC(CO)C2)S/C1=C\c1ccc2c(cnn2Cc2ccc(Cl)cc2C(F)(F)F)c1. The Bertz CT molecular complexity index is 1390. The van der Waals surface area contributed by atoms with Gasteiger partial charge in [0.1, 0.15) is 0 Å². The van der Waals surface area contributed by atoms with E-state index in [4.69, 9.17) is 16.3 Å². The van der Waals surface area contributed by atoms with Crippen molar-refractivity contribution in [1.29, 1.82) is 0 Å². The minimum absolute atomic E-state index is 0.0161. The van der Waals surface area contributed by atoms with Crippen molar-refractivity contribution >= 4 is 51.4 Å². The maximum atomic E-state index is 13.5. The molecule has 1 saturated heterocycles. The van der Waals surface area contributed by atoms with E-state index in [1.165, 1.54) is 28.6 Å². The van der Waals surface area contributed by atoms with E-state index in [-0.39, 0.29) is 35.7 Å². The van der Waals surface area contributed by atoms with E-state index in [1.807, 2.05) is 11.0 Å². The van der Waals surface area contributed by atoms with Gasteiger partial charge in [-0.25, -0.2) is 0 Å². The van der Waals surface area contributed by atoms with Crippen LogP contribution >= 0.6 is 23.4 Å². The van der Waals surface area contributed by atoms with Crippen LogP contribution < -0.4 is 0 Å². The van der Waals surface area contributed by atoms with Crippen molar-refractivity contribution in [3.8, 4) is 0 Å². The molecule has 2 aliphatic rings. The third-order valence-electron chi connectivity index (χ3n) is 5.88. The maximum Gasteiger partial charge on any atom is 0.416 e. The van der Waals surface area contributed by atoms with Crippen LogP contribution in [0.15, 0.2) is 52.5 Å². The normalized spacial score (nSPS) is 20.0. The number of amidine groups is 1. The molecule has 0 bridgehead atoms. The van der Waals surface area contributed by atoms with E-state index in [1.54, 1.807) is 24.4 Å². The number of ether oxygens (including phenoxy) is 1. The van der Waals surface area contributed by atoms with E-state index in [9.17, 15) is 23.1 Å². The topological polar surface area (TPSA) is 80.0 Å². The lowest BCUT2D eigenvalue weighted by atomic mass is 10.1. The molecular weight excluding hydrogens is 517 g/mol.